The predicted octanol–water partition coefficient (Wildman–Crippen LogP) is 2.42. The molecule has 2 aromatic rings. The van der Waals surface area contributed by atoms with Gasteiger partial charge in [0.15, 0.2) is 0 Å². The van der Waals surface area contributed by atoms with Crippen LogP contribution in [0.15, 0.2) is 24.4 Å². The smallest absolute Gasteiger partial charge is 0.137 e. The lowest BCUT2D eigenvalue weighted by molar-refractivity contribution is 0.833. The third-order valence-electron chi connectivity index (χ3n) is 3.21. The van der Waals surface area contributed by atoms with Crippen LogP contribution in [-0.4, -0.2) is 29.0 Å². The Bertz CT molecular complexity index is 568. The van der Waals surface area contributed by atoms with Gasteiger partial charge in [-0.1, -0.05) is 13.0 Å². The van der Waals surface area contributed by atoms with Crippen LogP contribution in [0.1, 0.15) is 24.0 Å². The molecule has 2 aromatic heterocycles. The molecule has 0 aromatic carbocycles. The largest absolute Gasteiger partial charge is 0.373 e. The molecule has 2 heterocycles. The van der Waals surface area contributed by atoms with Gasteiger partial charge in [0.1, 0.15) is 17.5 Å². The average Bonchev–Trinajstić information content (AvgIpc) is 2.48. The van der Waals surface area contributed by atoms with Gasteiger partial charge >= 0.3 is 0 Å². The fourth-order valence-electron chi connectivity index (χ4n) is 2.13. The maximum Gasteiger partial charge on any atom is 0.137 e. The van der Waals surface area contributed by atoms with Crippen LogP contribution in [-0.2, 0) is 13.0 Å². The molecular formula is C15H21N5. The van der Waals surface area contributed by atoms with E-state index in [0.717, 1.165) is 41.7 Å². The Hall–Kier alpha value is -2.17. The number of nitrogens with one attached hydrogen (secondary N) is 1. The molecule has 5 nitrogen and oxygen atoms in total. The highest BCUT2D eigenvalue weighted by molar-refractivity contribution is 5.58. The van der Waals surface area contributed by atoms with Gasteiger partial charge in [-0.15, -0.1) is 0 Å². The van der Waals surface area contributed by atoms with Crippen LogP contribution >= 0.6 is 0 Å². The Morgan fingerprint density at radius 3 is 2.65 bits per heavy atom. The highest BCUT2D eigenvalue weighted by atomic mass is 15.2. The molecule has 0 bridgehead atoms. The zero-order valence-corrected chi connectivity index (χ0v) is 12.5. The molecule has 0 saturated heterocycles. The van der Waals surface area contributed by atoms with Crippen LogP contribution in [0.4, 0.5) is 11.6 Å². The summed E-state index contributed by atoms with van der Waals surface area (Å²) >= 11 is 0. The molecule has 0 unspecified atom stereocenters. The van der Waals surface area contributed by atoms with Gasteiger partial charge in [-0.25, -0.2) is 9.97 Å². The van der Waals surface area contributed by atoms with Gasteiger partial charge in [-0.05, 0) is 19.1 Å². The van der Waals surface area contributed by atoms with E-state index in [1.807, 2.05) is 45.4 Å². The number of pyridine rings is 1. The van der Waals surface area contributed by atoms with Crippen LogP contribution in [0, 0.1) is 6.92 Å². The number of hydrogen-bond donors (Lipinski definition) is 1. The number of aryl methyl sites for hydroxylation is 1. The van der Waals surface area contributed by atoms with Crippen molar-refractivity contribution in [2.45, 2.75) is 26.8 Å². The van der Waals surface area contributed by atoms with E-state index in [1.165, 1.54) is 0 Å². The second-order valence-electron chi connectivity index (χ2n) is 4.72. The molecule has 0 saturated carbocycles. The van der Waals surface area contributed by atoms with Crippen LogP contribution in [0.25, 0.3) is 0 Å². The molecule has 0 spiro atoms. The van der Waals surface area contributed by atoms with E-state index in [9.17, 15) is 0 Å². The lowest BCUT2D eigenvalue weighted by atomic mass is 10.2. The maximum atomic E-state index is 4.64. The van der Waals surface area contributed by atoms with Crippen molar-refractivity contribution in [1.82, 2.24) is 15.0 Å². The molecule has 5 heteroatoms. The maximum absolute atomic E-state index is 4.64. The molecule has 0 atom stereocenters. The van der Waals surface area contributed by atoms with Crippen molar-refractivity contribution in [2.24, 2.45) is 0 Å². The summed E-state index contributed by atoms with van der Waals surface area (Å²) < 4.78 is 0. The third kappa shape index (κ3) is 3.04. The number of rotatable bonds is 5. The van der Waals surface area contributed by atoms with E-state index in [-0.39, 0.29) is 0 Å². The van der Waals surface area contributed by atoms with Crippen molar-refractivity contribution in [1.29, 1.82) is 0 Å². The molecule has 0 aliphatic carbocycles. The number of anilines is 2. The second-order valence-corrected chi connectivity index (χ2v) is 4.72. The predicted molar refractivity (Wildman–Crippen MR) is 82.0 cm³/mol. The monoisotopic (exact) mass is 271 g/mol. The summed E-state index contributed by atoms with van der Waals surface area (Å²) in [6.07, 6.45) is 2.63. The standard InChI is InChI=1S/C15H21N5/c1-5-13-18-14(16-3)11(2)15(19-13)20(4)10-12-8-6-7-9-17-12/h6-9H,5,10H2,1-4H3,(H,16,18,19). The normalized spacial score (nSPS) is 10.4. The van der Waals surface area contributed by atoms with E-state index in [0.29, 0.717) is 0 Å². The summed E-state index contributed by atoms with van der Waals surface area (Å²) in [5.74, 6) is 2.69. The zero-order valence-electron chi connectivity index (χ0n) is 12.5. The summed E-state index contributed by atoms with van der Waals surface area (Å²) in [5.41, 5.74) is 2.08. The number of nitrogens with zero attached hydrogens (tertiary/aromatic N) is 4. The Kier molecular flexibility index (Phi) is 4.50. The van der Waals surface area contributed by atoms with Gasteiger partial charge in [0, 0.05) is 32.3 Å². The summed E-state index contributed by atoms with van der Waals surface area (Å²) in [6, 6.07) is 5.94. The third-order valence-corrected chi connectivity index (χ3v) is 3.21. The molecule has 2 rings (SSSR count). The fraction of sp³-hybridized carbons (Fsp3) is 0.400. The summed E-state index contributed by atoms with van der Waals surface area (Å²) in [4.78, 5) is 15.6. The number of aromatic nitrogens is 3. The topological polar surface area (TPSA) is 53.9 Å². The van der Waals surface area contributed by atoms with E-state index in [1.54, 1.807) is 0 Å². The van der Waals surface area contributed by atoms with Gasteiger partial charge in [0.2, 0.25) is 0 Å². The van der Waals surface area contributed by atoms with Gasteiger partial charge in [-0.3, -0.25) is 4.98 Å². The van der Waals surface area contributed by atoms with E-state index in [4.69, 9.17) is 0 Å². The summed E-state index contributed by atoms with van der Waals surface area (Å²) in [6.45, 7) is 4.83. The first-order valence-corrected chi connectivity index (χ1v) is 6.82. The Balaban J connectivity index is 2.31. The van der Waals surface area contributed by atoms with E-state index < -0.39 is 0 Å². The SMILES string of the molecule is CCc1nc(NC)c(C)c(N(C)Cc2ccccn2)n1. The van der Waals surface area contributed by atoms with E-state index in [2.05, 4.69) is 32.1 Å². The van der Waals surface area contributed by atoms with Gasteiger partial charge in [-0.2, -0.15) is 0 Å². The van der Waals surface area contributed by atoms with E-state index >= 15 is 0 Å². The van der Waals surface area contributed by atoms with Gasteiger partial charge in [0.05, 0.1) is 12.2 Å². The Labute approximate surface area is 120 Å². The molecule has 0 aliphatic rings. The van der Waals surface area contributed by atoms with Crippen molar-refractivity contribution >= 4 is 11.6 Å². The zero-order chi connectivity index (χ0) is 14.5. The number of hydrogen-bond acceptors (Lipinski definition) is 5. The molecular weight excluding hydrogens is 250 g/mol. The minimum Gasteiger partial charge on any atom is -0.373 e. The van der Waals surface area contributed by atoms with Crippen molar-refractivity contribution in [2.75, 3.05) is 24.3 Å². The second kappa shape index (κ2) is 6.32. The molecule has 106 valence electrons. The minimum atomic E-state index is 0.727. The lowest BCUT2D eigenvalue weighted by Gasteiger charge is -2.21. The van der Waals surface area contributed by atoms with Crippen molar-refractivity contribution in [3.63, 3.8) is 0 Å². The van der Waals surface area contributed by atoms with Crippen molar-refractivity contribution in [3.8, 4) is 0 Å². The van der Waals surface area contributed by atoms with Gasteiger partial charge < -0.3 is 10.2 Å². The first-order chi connectivity index (χ1) is 9.65. The first kappa shape index (κ1) is 14.2. The van der Waals surface area contributed by atoms with Crippen molar-refractivity contribution < 1.29 is 0 Å². The van der Waals surface area contributed by atoms with Crippen LogP contribution in [0.2, 0.25) is 0 Å². The fourth-order valence-corrected chi connectivity index (χ4v) is 2.13. The average molecular weight is 271 g/mol. The molecule has 0 aliphatic heterocycles. The Morgan fingerprint density at radius 1 is 1.25 bits per heavy atom. The molecule has 0 fully saturated rings. The van der Waals surface area contributed by atoms with Crippen LogP contribution < -0.4 is 10.2 Å². The summed E-state index contributed by atoms with van der Waals surface area (Å²) in [7, 11) is 3.92. The van der Waals surface area contributed by atoms with Crippen LogP contribution in [0.5, 0.6) is 0 Å². The molecule has 1 N–H and O–H groups in total. The van der Waals surface area contributed by atoms with Crippen LogP contribution in [0.3, 0.4) is 0 Å². The molecule has 0 radical (unpaired) electrons. The Morgan fingerprint density at radius 2 is 2.05 bits per heavy atom. The van der Waals surface area contributed by atoms with Crippen molar-refractivity contribution in [3.05, 3.63) is 41.5 Å². The highest BCUT2D eigenvalue weighted by Gasteiger charge is 2.13. The highest BCUT2D eigenvalue weighted by Crippen LogP contribution is 2.23. The molecule has 20 heavy (non-hydrogen) atoms. The minimum absolute atomic E-state index is 0.727. The quantitative estimate of drug-likeness (QED) is 0.905. The summed E-state index contributed by atoms with van der Waals surface area (Å²) in [5, 5.41) is 3.14. The molecule has 0 amide bonds. The van der Waals surface area contributed by atoms with Gasteiger partial charge in [0.25, 0.3) is 0 Å². The lowest BCUT2D eigenvalue weighted by Crippen LogP contribution is -2.21. The first-order valence-electron chi connectivity index (χ1n) is 6.82.